The summed E-state index contributed by atoms with van der Waals surface area (Å²) in [6.07, 6.45) is 0.795. The molecule has 0 amide bonds. The first kappa shape index (κ1) is 14.6. The summed E-state index contributed by atoms with van der Waals surface area (Å²) in [4.78, 5) is 0. The summed E-state index contributed by atoms with van der Waals surface area (Å²) in [6, 6.07) is 19.7. The van der Waals surface area contributed by atoms with Gasteiger partial charge in [0.15, 0.2) is 0 Å². The van der Waals surface area contributed by atoms with Gasteiger partial charge in [-0.05, 0) is 23.6 Å². The highest BCUT2D eigenvalue weighted by Crippen LogP contribution is 2.32. The summed E-state index contributed by atoms with van der Waals surface area (Å²) in [7, 11) is 1.66. The van der Waals surface area contributed by atoms with Crippen molar-refractivity contribution in [1.29, 1.82) is 0 Å². The third-order valence-corrected chi connectivity index (χ3v) is 4.36. The topological polar surface area (TPSA) is 45.1 Å². The number of aromatic hydroxyl groups is 1. The molecule has 4 heteroatoms. The van der Waals surface area contributed by atoms with E-state index in [1.165, 1.54) is 0 Å². The molecule has 120 valence electrons. The van der Waals surface area contributed by atoms with E-state index in [0.29, 0.717) is 5.75 Å². The third-order valence-electron chi connectivity index (χ3n) is 4.36. The van der Waals surface area contributed by atoms with Crippen LogP contribution in [0.5, 0.6) is 11.5 Å². The normalized spacial score (nSPS) is 14.0. The maximum Gasteiger partial charge on any atom is 0.132 e. The van der Waals surface area contributed by atoms with E-state index in [9.17, 15) is 5.11 Å². The van der Waals surface area contributed by atoms with Crippen LogP contribution in [0.4, 0.5) is 5.69 Å². The first-order valence-corrected chi connectivity index (χ1v) is 7.96. The van der Waals surface area contributed by atoms with Gasteiger partial charge < -0.3 is 9.84 Å². The van der Waals surface area contributed by atoms with Gasteiger partial charge in [-0.15, -0.1) is 0 Å². The molecular weight excluding hydrogens is 300 g/mol. The van der Waals surface area contributed by atoms with Crippen LogP contribution in [0.15, 0.2) is 65.8 Å². The van der Waals surface area contributed by atoms with Gasteiger partial charge in [0.05, 0.1) is 18.5 Å². The van der Waals surface area contributed by atoms with Gasteiger partial charge in [-0.25, -0.2) is 0 Å². The number of hydrazone groups is 1. The Morgan fingerprint density at radius 2 is 1.92 bits per heavy atom. The fourth-order valence-corrected chi connectivity index (χ4v) is 3.09. The fourth-order valence-electron chi connectivity index (χ4n) is 3.09. The quantitative estimate of drug-likeness (QED) is 0.788. The smallest absolute Gasteiger partial charge is 0.132 e. The number of hydrogen-bond acceptors (Lipinski definition) is 4. The largest absolute Gasteiger partial charge is 0.507 e. The molecule has 4 rings (SSSR count). The molecule has 0 saturated heterocycles. The Kier molecular flexibility index (Phi) is 3.58. The average molecular weight is 318 g/mol. The number of hydrogen-bond donors (Lipinski definition) is 1. The van der Waals surface area contributed by atoms with Crippen molar-refractivity contribution in [3.05, 3.63) is 66.2 Å². The van der Waals surface area contributed by atoms with Gasteiger partial charge >= 0.3 is 0 Å². The van der Waals surface area contributed by atoms with Crippen LogP contribution in [0.1, 0.15) is 12.0 Å². The molecule has 0 saturated carbocycles. The van der Waals surface area contributed by atoms with E-state index in [4.69, 9.17) is 9.84 Å². The van der Waals surface area contributed by atoms with Crippen LogP contribution in [0.2, 0.25) is 0 Å². The molecule has 0 aromatic heterocycles. The van der Waals surface area contributed by atoms with Crippen LogP contribution in [-0.2, 0) is 0 Å². The number of fused-ring (bicyclic) bond motifs is 1. The van der Waals surface area contributed by atoms with Crippen LogP contribution < -0.4 is 9.75 Å². The van der Waals surface area contributed by atoms with Crippen molar-refractivity contribution < 1.29 is 9.84 Å². The molecule has 0 bridgehead atoms. The molecule has 0 fully saturated rings. The number of anilines is 1. The molecule has 24 heavy (non-hydrogen) atoms. The Bertz CT molecular complexity index is 934. The standard InChI is InChI=1S/C20H18N2O2/c1-24-16-7-4-6-15(13-16)22-12-11-19(21-22)18-10-9-14-5-2-3-8-17(14)20(18)23/h2-10,13,23H,11-12H2,1H3. The van der Waals surface area contributed by atoms with Crippen molar-refractivity contribution in [1.82, 2.24) is 0 Å². The highest BCUT2D eigenvalue weighted by molar-refractivity contribution is 6.08. The maximum absolute atomic E-state index is 10.6. The minimum atomic E-state index is 0.305. The van der Waals surface area contributed by atoms with Crippen molar-refractivity contribution in [3.63, 3.8) is 0 Å². The molecular formula is C20H18N2O2. The number of phenols is 1. The van der Waals surface area contributed by atoms with E-state index < -0.39 is 0 Å². The van der Waals surface area contributed by atoms with Crippen LogP contribution in [0, 0.1) is 0 Å². The molecule has 0 atom stereocenters. The van der Waals surface area contributed by atoms with Gasteiger partial charge in [0.25, 0.3) is 0 Å². The first-order valence-electron chi connectivity index (χ1n) is 7.96. The molecule has 1 heterocycles. The van der Waals surface area contributed by atoms with Gasteiger partial charge in [-0.3, -0.25) is 5.01 Å². The zero-order chi connectivity index (χ0) is 16.5. The lowest BCUT2D eigenvalue weighted by Crippen LogP contribution is -2.11. The summed E-state index contributed by atoms with van der Waals surface area (Å²) in [5.74, 6) is 1.11. The van der Waals surface area contributed by atoms with Crippen molar-refractivity contribution in [2.75, 3.05) is 18.7 Å². The lowest BCUT2D eigenvalue weighted by Gasteiger charge is -2.14. The van der Waals surface area contributed by atoms with Gasteiger partial charge in [-0.2, -0.15) is 5.10 Å². The minimum absolute atomic E-state index is 0.305. The molecule has 0 spiro atoms. The highest BCUT2D eigenvalue weighted by atomic mass is 16.5. The fraction of sp³-hybridized carbons (Fsp3) is 0.150. The predicted molar refractivity (Wildman–Crippen MR) is 97.1 cm³/mol. The van der Waals surface area contributed by atoms with E-state index in [1.54, 1.807) is 7.11 Å². The number of rotatable bonds is 3. The number of methoxy groups -OCH3 is 1. The van der Waals surface area contributed by atoms with E-state index in [-0.39, 0.29) is 0 Å². The monoisotopic (exact) mass is 318 g/mol. The van der Waals surface area contributed by atoms with Crippen molar-refractivity contribution >= 4 is 22.2 Å². The second-order valence-corrected chi connectivity index (χ2v) is 5.80. The van der Waals surface area contributed by atoms with Gasteiger partial charge in [0.2, 0.25) is 0 Å². The SMILES string of the molecule is COc1cccc(N2CCC(c3ccc4ccccc4c3O)=N2)c1. The number of nitrogens with zero attached hydrogens (tertiary/aromatic N) is 2. The molecule has 4 nitrogen and oxygen atoms in total. The van der Waals surface area contributed by atoms with Crippen LogP contribution in [0.3, 0.4) is 0 Å². The lowest BCUT2D eigenvalue weighted by atomic mass is 10.0. The Labute approximate surface area is 140 Å². The lowest BCUT2D eigenvalue weighted by molar-refractivity contribution is 0.415. The predicted octanol–water partition coefficient (Wildman–Crippen LogP) is 4.17. The molecule has 3 aromatic carbocycles. The van der Waals surface area contributed by atoms with E-state index in [0.717, 1.165) is 46.5 Å². The highest BCUT2D eigenvalue weighted by Gasteiger charge is 2.20. The Hall–Kier alpha value is -3.01. The Morgan fingerprint density at radius 1 is 1.04 bits per heavy atom. The summed E-state index contributed by atoms with van der Waals surface area (Å²) in [5.41, 5.74) is 2.70. The second kappa shape index (κ2) is 5.89. The molecule has 0 unspecified atom stereocenters. The van der Waals surface area contributed by atoms with Crippen LogP contribution in [-0.4, -0.2) is 24.5 Å². The number of benzene rings is 3. The summed E-state index contributed by atoms with van der Waals surface area (Å²) in [5, 5.41) is 19.2. The van der Waals surface area contributed by atoms with E-state index in [2.05, 4.69) is 0 Å². The first-order chi connectivity index (χ1) is 11.8. The van der Waals surface area contributed by atoms with Crippen molar-refractivity contribution in [3.8, 4) is 11.5 Å². The number of phenolic OH excluding ortho intramolecular Hbond substituents is 1. The molecule has 0 aliphatic carbocycles. The molecule has 1 N–H and O–H groups in total. The molecule has 1 aliphatic rings. The molecule has 1 aliphatic heterocycles. The van der Waals surface area contributed by atoms with Crippen molar-refractivity contribution in [2.45, 2.75) is 6.42 Å². The van der Waals surface area contributed by atoms with Gasteiger partial charge in [0, 0.05) is 30.0 Å². The van der Waals surface area contributed by atoms with Gasteiger partial charge in [0.1, 0.15) is 11.5 Å². The van der Waals surface area contributed by atoms with Crippen LogP contribution >= 0.6 is 0 Å². The summed E-state index contributed by atoms with van der Waals surface area (Å²) in [6.45, 7) is 0.786. The van der Waals surface area contributed by atoms with E-state index in [1.807, 2.05) is 65.7 Å². The second-order valence-electron chi connectivity index (χ2n) is 5.80. The zero-order valence-electron chi connectivity index (χ0n) is 13.4. The summed E-state index contributed by atoms with van der Waals surface area (Å²) < 4.78 is 5.28. The van der Waals surface area contributed by atoms with Gasteiger partial charge in [-0.1, -0.05) is 36.4 Å². The Balaban J connectivity index is 1.71. The third kappa shape index (κ3) is 2.46. The molecule has 0 radical (unpaired) electrons. The van der Waals surface area contributed by atoms with Crippen molar-refractivity contribution in [2.24, 2.45) is 5.10 Å². The van der Waals surface area contributed by atoms with E-state index >= 15 is 0 Å². The van der Waals surface area contributed by atoms with Crippen LogP contribution in [0.25, 0.3) is 10.8 Å². The zero-order valence-corrected chi connectivity index (χ0v) is 13.4. The Morgan fingerprint density at radius 3 is 2.79 bits per heavy atom. The number of ether oxygens (including phenoxy) is 1. The average Bonchev–Trinajstić information content (AvgIpc) is 3.12. The summed E-state index contributed by atoms with van der Waals surface area (Å²) >= 11 is 0. The molecule has 3 aromatic rings. The minimum Gasteiger partial charge on any atom is -0.507 e. The maximum atomic E-state index is 10.6.